The minimum Gasteiger partial charge on any atom is -0.504 e. The Labute approximate surface area is 92.4 Å². The monoisotopic (exact) mass is 220 g/mol. The van der Waals surface area contributed by atoms with Crippen molar-refractivity contribution in [2.75, 3.05) is 0 Å². The minimum atomic E-state index is -0.201. The van der Waals surface area contributed by atoms with E-state index in [0.29, 0.717) is 17.3 Å². The molecule has 0 saturated carbocycles. The molecule has 0 amide bonds. The Morgan fingerprint density at radius 2 is 2.00 bits per heavy atom. The molecule has 0 bridgehead atoms. The van der Waals surface area contributed by atoms with Gasteiger partial charge in [0.05, 0.1) is 0 Å². The number of phenolic OH excluding ortho intramolecular Hbond substituents is 2. The Kier molecular flexibility index (Phi) is 2.76. The number of aromatic nitrogens is 2. The third-order valence-electron chi connectivity index (χ3n) is 2.15. The molecule has 2 aromatic rings. The second-order valence-corrected chi connectivity index (χ2v) is 3.45. The van der Waals surface area contributed by atoms with Crippen molar-refractivity contribution in [1.82, 2.24) is 10.2 Å². The van der Waals surface area contributed by atoms with Crippen LogP contribution in [0, 0.1) is 0 Å². The summed E-state index contributed by atoms with van der Waals surface area (Å²) in [6.45, 7) is 2.02. The van der Waals surface area contributed by atoms with Gasteiger partial charge >= 0.3 is 0 Å². The van der Waals surface area contributed by atoms with Crippen LogP contribution in [0.1, 0.15) is 19.2 Å². The molecule has 0 aliphatic rings. The molecule has 2 N–H and O–H groups in total. The van der Waals surface area contributed by atoms with Gasteiger partial charge in [0.1, 0.15) is 0 Å². The lowest BCUT2D eigenvalue weighted by atomic mass is 10.2. The van der Waals surface area contributed by atoms with E-state index in [0.717, 1.165) is 12.8 Å². The van der Waals surface area contributed by atoms with Crippen LogP contribution >= 0.6 is 0 Å². The molecular formula is C11H12N2O3. The summed E-state index contributed by atoms with van der Waals surface area (Å²) in [5.74, 6) is 0.550. The Hall–Kier alpha value is -2.04. The molecule has 0 spiro atoms. The van der Waals surface area contributed by atoms with Gasteiger partial charge in [-0.2, -0.15) is 0 Å². The van der Waals surface area contributed by atoms with Crippen LogP contribution in [0.2, 0.25) is 0 Å². The fourth-order valence-corrected chi connectivity index (χ4v) is 1.34. The smallest absolute Gasteiger partial charge is 0.247 e. The van der Waals surface area contributed by atoms with Crippen molar-refractivity contribution < 1.29 is 14.6 Å². The lowest BCUT2D eigenvalue weighted by Crippen LogP contribution is -1.80. The first-order valence-corrected chi connectivity index (χ1v) is 5.05. The number of nitrogens with zero attached hydrogens (tertiary/aromatic N) is 2. The van der Waals surface area contributed by atoms with E-state index in [1.54, 1.807) is 6.07 Å². The third-order valence-corrected chi connectivity index (χ3v) is 2.15. The summed E-state index contributed by atoms with van der Waals surface area (Å²) in [6, 6.07) is 4.38. The van der Waals surface area contributed by atoms with E-state index in [9.17, 15) is 5.11 Å². The molecule has 84 valence electrons. The minimum absolute atomic E-state index is 0.169. The normalized spacial score (nSPS) is 10.6. The lowest BCUT2D eigenvalue weighted by Gasteiger charge is -1.98. The summed E-state index contributed by atoms with van der Waals surface area (Å²) < 4.78 is 5.39. The van der Waals surface area contributed by atoms with Gasteiger partial charge in [-0.05, 0) is 24.6 Å². The molecule has 0 unspecified atom stereocenters. The van der Waals surface area contributed by atoms with E-state index >= 15 is 0 Å². The second-order valence-electron chi connectivity index (χ2n) is 3.45. The van der Waals surface area contributed by atoms with Crippen molar-refractivity contribution in [3.05, 3.63) is 24.1 Å². The van der Waals surface area contributed by atoms with Gasteiger partial charge < -0.3 is 14.6 Å². The van der Waals surface area contributed by atoms with Crippen LogP contribution in [0.3, 0.4) is 0 Å². The number of hydrogen-bond acceptors (Lipinski definition) is 5. The maximum Gasteiger partial charge on any atom is 0.247 e. The molecular weight excluding hydrogens is 208 g/mol. The Morgan fingerprint density at radius 1 is 1.19 bits per heavy atom. The fourth-order valence-electron chi connectivity index (χ4n) is 1.34. The third kappa shape index (κ3) is 1.98. The average molecular weight is 220 g/mol. The molecule has 16 heavy (non-hydrogen) atoms. The van der Waals surface area contributed by atoms with Crippen LogP contribution in [-0.2, 0) is 6.42 Å². The molecule has 0 aliphatic carbocycles. The molecule has 1 aromatic carbocycles. The summed E-state index contributed by atoms with van der Waals surface area (Å²) in [7, 11) is 0. The number of phenols is 2. The lowest BCUT2D eigenvalue weighted by molar-refractivity contribution is 0.403. The molecule has 0 atom stereocenters. The predicted molar refractivity (Wildman–Crippen MR) is 57.1 cm³/mol. The first-order chi connectivity index (χ1) is 7.70. The second kappa shape index (κ2) is 4.22. The van der Waals surface area contributed by atoms with Gasteiger partial charge in [-0.15, -0.1) is 10.2 Å². The highest BCUT2D eigenvalue weighted by Gasteiger charge is 2.09. The van der Waals surface area contributed by atoms with Gasteiger partial charge in [-0.1, -0.05) is 6.92 Å². The van der Waals surface area contributed by atoms with Crippen LogP contribution in [0.25, 0.3) is 11.5 Å². The summed E-state index contributed by atoms with van der Waals surface area (Å²) in [5, 5.41) is 26.2. The molecule has 0 radical (unpaired) electrons. The van der Waals surface area contributed by atoms with E-state index in [-0.39, 0.29) is 11.5 Å². The molecule has 0 fully saturated rings. The number of aromatic hydroxyl groups is 2. The van der Waals surface area contributed by atoms with Crippen molar-refractivity contribution in [3.8, 4) is 23.0 Å². The summed E-state index contributed by atoms with van der Waals surface area (Å²) in [6.07, 6.45) is 1.67. The van der Waals surface area contributed by atoms with Crippen molar-refractivity contribution in [2.24, 2.45) is 0 Å². The van der Waals surface area contributed by atoms with Gasteiger partial charge in [-0.25, -0.2) is 0 Å². The number of hydrogen-bond donors (Lipinski definition) is 2. The molecule has 0 saturated heterocycles. The summed E-state index contributed by atoms with van der Waals surface area (Å²) in [5.41, 5.74) is 0.588. The van der Waals surface area contributed by atoms with E-state index in [1.165, 1.54) is 12.1 Å². The summed E-state index contributed by atoms with van der Waals surface area (Å²) in [4.78, 5) is 0. The largest absolute Gasteiger partial charge is 0.504 e. The van der Waals surface area contributed by atoms with Gasteiger partial charge in [0.15, 0.2) is 11.5 Å². The standard InChI is InChI=1S/C11H12N2O3/c1-2-3-10-12-13-11(16-10)7-4-5-8(14)9(15)6-7/h4-6,14-15H,2-3H2,1H3. The predicted octanol–water partition coefficient (Wildman–Crippen LogP) is 2.10. The zero-order valence-electron chi connectivity index (χ0n) is 8.84. The molecule has 1 heterocycles. The maximum atomic E-state index is 9.33. The van der Waals surface area contributed by atoms with Crippen molar-refractivity contribution in [3.63, 3.8) is 0 Å². The number of benzene rings is 1. The van der Waals surface area contributed by atoms with Crippen LogP contribution in [0.4, 0.5) is 0 Å². The number of aryl methyl sites for hydroxylation is 1. The topological polar surface area (TPSA) is 79.4 Å². The Balaban J connectivity index is 2.31. The molecule has 0 aliphatic heterocycles. The van der Waals surface area contributed by atoms with Crippen molar-refractivity contribution in [1.29, 1.82) is 0 Å². The zero-order chi connectivity index (χ0) is 11.5. The van der Waals surface area contributed by atoms with Gasteiger partial charge in [0, 0.05) is 12.0 Å². The van der Waals surface area contributed by atoms with Crippen LogP contribution in [0.15, 0.2) is 22.6 Å². The quantitative estimate of drug-likeness (QED) is 0.774. The molecule has 5 heteroatoms. The van der Waals surface area contributed by atoms with Crippen LogP contribution in [-0.4, -0.2) is 20.4 Å². The van der Waals surface area contributed by atoms with E-state index in [2.05, 4.69) is 10.2 Å². The average Bonchev–Trinajstić information content (AvgIpc) is 2.71. The summed E-state index contributed by atoms with van der Waals surface area (Å²) >= 11 is 0. The fraction of sp³-hybridized carbons (Fsp3) is 0.273. The molecule has 1 aromatic heterocycles. The van der Waals surface area contributed by atoms with Crippen LogP contribution in [0.5, 0.6) is 11.5 Å². The Bertz CT molecular complexity index is 494. The van der Waals surface area contributed by atoms with E-state index < -0.39 is 0 Å². The van der Waals surface area contributed by atoms with Crippen molar-refractivity contribution >= 4 is 0 Å². The van der Waals surface area contributed by atoms with Gasteiger partial charge in [-0.3, -0.25) is 0 Å². The van der Waals surface area contributed by atoms with Gasteiger partial charge in [0.25, 0.3) is 0 Å². The highest BCUT2D eigenvalue weighted by molar-refractivity contribution is 5.58. The highest BCUT2D eigenvalue weighted by atomic mass is 16.4. The van der Waals surface area contributed by atoms with Crippen molar-refractivity contribution in [2.45, 2.75) is 19.8 Å². The van der Waals surface area contributed by atoms with E-state index in [4.69, 9.17) is 9.52 Å². The van der Waals surface area contributed by atoms with E-state index in [1.807, 2.05) is 6.92 Å². The maximum absolute atomic E-state index is 9.33. The Morgan fingerprint density at radius 3 is 2.69 bits per heavy atom. The first kappa shape index (κ1) is 10.5. The highest BCUT2D eigenvalue weighted by Crippen LogP contribution is 2.29. The SMILES string of the molecule is CCCc1nnc(-c2ccc(O)c(O)c2)o1. The van der Waals surface area contributed by atoms with Crippen LogP contribution < -0.4 is 0 Å². The van der Waals surface area contributed by atoms with Gasteiger partial charge in [0.2, 0.25) is 11.8 Å². The molecule has 2 rings (SSSR count). The molecule has 5 nitrogen and oxygen atoms in total. The first-order valence-electron chi connectivity index (χ1n) is 5.05. The number of rotatable bonds is 3. The zero-order valence-corrected chi connectivity index (χ0v) is 8.84.